The van der Waals surface area contributed by atoms with E-state index in [-0.39, 0.29) is 18.2 Å². The fourth-order valence-corrected chi connectivity index (χ4v) is 1.77. The first-order valence-electron chi connectivity index (χ1n) is 4.98. The third-order valence-electron chi connectivity index (χ3n) is 2.16. The summed E-state index contributed by atoms with van der Waals surface area (Å²) in [4.78, 5) is 10.5. The maximum absolute atomic E-state index is 10.5. The molecule has 6 nitrogen and oxygen atoms in total. The van der Waals surface area contributed by atoms with Crippen LogP contribution in [0.3, 0.4) is 0 Å². The van der Waals surface area contributed by atoms with Crippen LogP contribution in [-0.4, -0.2) is 28.4 Å². The number of hydrogen-bond acceptors (Lipinski definition) is 5. The van der Waals surface area contributed by atoms with Gasteiger partial charge in [-0.25, -0.2) is 0 Å². The molecule has 7 heteroatoms. The van der Waals surface area contributed by atoms with Crippen molar-refractivity contribution in [2.45, 2.75) is 6.42 Å². The van der Waals surface area contributed by atoms with Gasteiger partial charge in [0.2, 0.25) is 5.89 Å². The molecule has 1 aromatic heterocycles. The first-order valence-corrected chi connectivity index (χ1v) is 5.77. The zero-order valence-corrected chi connectivity index (χ0v) is 11.0. The number of aromatic nitrogens is 2. The standard InChI is InChI=1S/C11H9BrN2O4/c1-17-8-3-2-6(12)4-7(8)11-14-13-9(18-11)5-10(15)16/h2-4H,5H2,1H3,(H,15,16). The molecule has 0 aliphatic rings. The Bertz CT molecular complexity index is 582. The molecule has 0 amide bonds. The van der Waals surface area contributed by atoms with E-state index in [0.717, 1.165) is 4.47 Å². The number of methoxy groups -OCH3 is 1. The minimum absolute atomic E-state index is 0.0551. The summed E-state index contributed by atoms with van der Waals surface area (Å²) in [6.45, 7) is 0. The summed E-state index contributed by atoms with van der Waals surface area (Å²) < 4.78 is 11.3. The van der Waals surface area contributed by atoms with Crippen molar-refractivity contribution in [3.05, 3.63) is 28.6 Å². The van der Waals surface area contributed by atoms with E-state index in [2.05, 4.69) is 26.1 Å². The number of benzene rings is 1. The van der Waals surface area contributed by atoms with Gasteiger partial charge in [-0.1, -0.05) is 15.9 Å². The van der Waals surface area contributed by atoms with Gasteiger partial charge in [-0.3, -0.25) is 4.79 Å². The minimum atomic E-state index is -1.02. The summed E-state index contributed by atoms with van der Waals surface area (Å²) in [6, 6.07) is 5.33. The Kier molecular flexibility index (Phi) is 3.61. The largest absolute Gasteiger partial charge is 0.496 e. The van der Waals surface area contributed by atoms with Crippen molar-refractivity contribution >= 4 is 21.9 Å². The van der Waals surface area contributed by atoms with E-state index in [1.54, 1.807) is 12.1 Å². The molecular formula is C11H9BrN2O4. The maximum Gasteiger partial charge on any atom is 0.312 e. The molecule has 0 fully saturated rings. The molecular weight excluding hydrogens is 304 g/mol. The van der Waals surface area contributed by atoms with Crippen LogP contribution in [0.1, 0.15) is 5.89 Å². The second kappa shape index (κ2) is 5.18. The van der Waals surface area contributed by atoms with Crippen molar-refractivity contribution in [1.82, 2.24) is 10.2 Å². The summed E-state index contributed by atoms with van der Waals surface area (Å²) in [7, 11) is 1.53. The maximum atomic E-state index is 10.5. The van der Waals surface area contributed by atoms with Crippen LogP contribution in [0.15, 0.2) is 27.1 Å². The minimum Gasteiger partial charge on any atom is -0.496 e. The van der Waals surface area contributed by atoms with Crippen LogP contribution in [0.2, 0.25) is 0 Å². The van der Waals surface area contributed by atoms with E-state index < -0.39 is 5.97 Å². The zero-order chi connectivity index (χ0) is 13.1. The van der Waals surface area contributed by atoms with E-state index in [1.807, 2.05) is 6.07 Å². The number of hydrogen-bond donors (Lipinski definition) is 1. The van der Waals surface area contributed by atoms with Gasteiger partial charge in [0.05, 0.1) is 12.7 Å². The molecule has 2 rings (SSSR count). The van der Waals surface area contributed by atoms with E-state index in [0.29, 0.717) is 11.3 Å². The summed E-state index contributed by atoms with van der Waals surface area (Å²) in [5.41, 5.74) is 0.607. The molecule has 0 bridgehead atoms. The second-order valence-electron chi connectivity index (χ2n) is 3.42. The number of carbonyl (C=O) groups is 1. The van der Waals surface area contributed by atoms with Crippen LogP contribution in [0.4, 0.5) is 0 Å². The first-order chi connectivity index (χ1) is 8.60. The molecule has 1 heterocycles. The van der Waals surface area contributed by atoms with Gasteiger partial charge >= 0.3 is 5.97 Å². The molecule has 0 saturated heterocycles. The topological polar surface area (TPSA) is 85.5 Å². The van der Waals surface area contributed by atoms with E-state index in [9.17, 15) is 4.79 Å². The fourth-order valence-electron chi connectivity index (χ4n) is 1.41. The lowest BCUT2D eigenvalue weighted by atomic mass is 10.2. The third kappa shape index (κ3) is 2.67. The highest BCUT2D eigenvalue weighted by atomic mass is 79.9. The molecule has 1 aromatic carbocycles. The Hall–Kier alpha value is -1.89. The van der Waals surface area contributed by atoms with Gasteiger partial charge in [0.25, 0.3) is 5.89 Å². The predicted octanol–water partition coefficient (Wildman–Crippen LogP) is 2.13. The Labute approximate surface area is 111 Å². The molecule has 1 N–H and O–H groups in total. The molecule has 0 radical (unpaired) electrons. The van der Waals surface area contributed by atoms with E-state index in [1.165, 1.54) is 7.11 Å². The van der Waals surface area contributed by atoms with Crippen LogP contribution in [0.25, 0.3) is 11.5 Å². The Balaban J connectivity index is 2.38. The highest BCUT2D eigenvalue weighted by Gasteiger charge is 2.15. The molecule has 0 unspecified atom stereocenters. The molecule has 0 aliphatic heterocycles. The summed E-state index contributed by atoms with van der Waals surface area (Å²) >= 11 is 3.33. The monoisotopic (exact) mass is 312 g/mol. The van der Waals surface area contributed by atoms with Crippen LogP contribution >= 0.6 is 15.9 Å². The Morgan fingerprint density at radius 3 is 2.94 bits per heavy atom. The normalized spacial score (nSPS) is 10.3. The highest BCUT2D eigenvalue weighted by Crippen LogP contribution is 2.31. The van der Waals surface area contributed by atoms with Gasteiger partial charge in [-0.2, -0.15) is 0 Å². The van der Waals surface area contributed by atoms with E-state index >= 15 is 0 Å². The number of rotatable bonds is 4. The van der Waals surface area contributed by atoms with Crippen LogP contribution in [0, 0.1) is 0 Å². The van der Waals surface area contributed by atoms with Crippen molar-refractivity contribution in [3.63, 3.8) is 0 Å². The quantitative estimate of drug-likeness (QED) is 0.930. The second-order valence-corrected chi connectivity index (χ2v) is 4.33. The number of carboxylic acids is 1. The molecule has 94 valence electrons. The molecule has 18 heavy (non-hydrogen) atoms. The molecule has 0 aliphatic carbocycles. The average molecular weight is 313 g/mol. The smallest absolute Gasteiger partial charge is 0.312 e. The van der Waals surface area contributed by atoms with Gasteiger partial charge in [0.15, 0.2) is 0 Å². The number of halogens is 1. The van der Waals surface area contributed by atoms with Crippen molar-refractivity contribution in [2.24, 2.45) is 0 Å². The number of nitrogens with zero attached hydrogens (tertiary/aromatic N) is 2. The van der Waals surface area contributed by atoms with Crippen LogP contribution in [0.5, 0.6) is 5.75 Å². The van der Waals surface area contributed by atoms with Crippen molar-refractivity contribution < 1.29 is 19.1 Å². The lowest BCUT2D eigenvalue weighted by molar-refractivity contribution is -0.136. The van der Waals surface area contributed by atoms with Gasteiger partial charge in [-0.05, 0) is 18.2 Å². The summed E-state index contributed by atoms with van der Waals surface area (Å²) in [5.74, 6) is -0.168. The third-order valence-corrected chi connectivity index (χ3v) is 2.65. The molecule has 2 aromatic rings. The van der Waals surface area contributed by atoms with Crippen molar-refractivity contribution in [1.29, 1.82) is 0 Å². The van der Waals surface area contributed by atoms with Gasteiger partial charge in [0.1, 0.15) is 12.2 Å². The first kappa shape index (κ1) is 12.6. The van der Waals surface area contributed by atoms with Crippen LogP contribution < -0.4 is 4.74 Å². The van der Waals surface area contributed by atoms with Crippen molar-refractivity contribution in [2.75, 3.05) is 7.11 Å². The average Bonchev–Trinajstić information content (AvgIpc) is 2.76. The molecule has 0 saturated carbocycles. The zero-order valence-electron chi connectivity index (χ0n) is 9.38. The molecule has 0 spiro atoms. The fraction of sp³-hybridized carbons (Fsp3) is 0.182. The number of ether oxygens (including phenoxy) is 1. The SMILES string of the molecule is COc1ccc(Br)cc1-c1nnc(CC(=O)O)o1. The highest BCUT2D eigenvalue weighted by molar-refractivity contribution is 9.10. The van der Waals surface area contributed by atoms with Gasteiger partial charge in [-0.15, -0.1) is 10.2 Å². The predicted molar refractivity (Wildman–Crippen MR) is 65.3 cm³/mol. The number of carboxylic acid groups (broad SMARTS) is 1. The molecule has 0 atom stereocenters. The van der Waals surface area contributed by atoms with Gasteiger partial charge < -0.3 is 14.3 Å². The van der Waals surface area contributed by atoms with Crippen molar-refractivity contribution in [3.8, 4) is 17.2 Å². The number of aliphatic carboxylic acids is 1. The summed E-state index contributed by atoms with van der Waals surface area (Å²) in [6.07, 6.45) is -0.302. The Morgan fingerprint density at radius 2 is 2.28 bits per heavy atom. The lowest BCUT2D eigenvalue weighted by Crippen LogP contribution is -1.99. The van der Waals surface area contributed by atoms with Crippen LogP contribution in [-0.2, 0) is 11.2 Å². The van der Waals surface area contributed by atoms with Gasteiger partial charge in [0, 0.05) is 4.47 Å². The van der Waals surface area contributed by atoms with E-state index in [4.69, 9.17) is 14.3 Å². The summed E-state index contributed by atoms with van der Waals surface area (Å²) in [5, 5.41) is 16.1. The Morgan fingerprint density at radius 1 is 1.50 bits per heavy atom. The lowest BCUT2D eigenvalue weighted by Gasteiger charge is -2.04.